The Morgan fingerprint density at radius 3 is 2.67 bits per heavy atom. The maximum atomic E-state index is 11.6. The van der Waals surface area contributed by atoms with Crippen LogP contribution < -0.4 is 0 Å². The van der Waals surface area contributed by atoms with E-state index in [2.05, 4.69) is 11.6 Å². The molecule has 3 heteroatoms. The molecular weight excluding hydrogens is 190 g/mol. The summed E-state index contributed by atoms with van der Waals surface area (Å²) >= 11 is 0. The first kappa shape index (κ1) is 9.77. The number of hydrogen-bond acceptors (Lipinski definition) is 3. The van der Waals surface area contributed by atoms with E-state index in [1.165, 1.54) is 18.4 Å². The van der Waals surface area contributed by atoms with Gasteiger partial charge in [0.05, 0.1) is 11.3 Å². The molecule has 0 saturated carbocycles. The summed E-state index contributed by atoms with van der Waals surface area (Å²) < 4.78 is 0. The van der Waals surface area contributed by atoms with Crippen molar-refractivity contribution in [2.24, 2.45) is 4.99 Å². The van der Waals surface area contributed by atoms with Gasteiger partial charge in [-0.3, -0.25) is 14.6 Å². The molecule has 2 aliphatic rings. The fraction of sp³-hybridized carbons (Fsp3) is 0.250. The molecule has 2 aliphatic carbocycles. The molecule has 0 spiro atoms. The van der Waals surface area contributed by atoms with Crippen molar-refractivity contribution in [3.63, 3.8) is 0 Å². The summed E-state index contributed by atoms with van der Waals surface area (Å²) in [4.78, 5) is 27.3. The maximum absolute atomic E-state index is 11.6. The van der Waals surface area contributed by atoms with Crippen LogP contribution in [0.4, 0.5) is 0 Å². The molecule has 0 atom stereocenters. The quantitative estimate of drug-likeness (QED) is 0.607. The molecule has 0 aromatic carbocycles. The summed E-state index contributed by atoms with van der Waals surface area (Å²) in [5.41, 5.74) is 1.83. The van der Waals surface area contributed by atoms with Crippen molar-refractivity contribution in [1.29, 1.82) is 0 Å². The Morgan fingerprint density at radius 2 is 1.93 bits per heavy atom. The van der Waals surface area contributed by atoms with Gasteiger partial charge in [-0.25, -0.2) is 0 Å². The minimum Gasteiger partial charge on any atom is -0.290 e. The zero-order valence-electron chi connectivity index (χ0n) is 8.32. The van der Waals surface area contributed by atoms with Crippen LogP contribution in [0.3, 0.4) is 0 Å². The van der Waals surface area contributed by atoms with E-state index in [1.807, 2.05) is 0 Å². The van der Waals surface area contributed by atoms with E-state index in [1.54, 1.807) is 0 Å². The van der Waals surface area contributed by atoms with E-state index in [9.17, 15) is 9.59 Å². The Labute approximate surface area is 87.9 Å². The summed E-state index contributed by atoms with van der Waals surface area (Å²) in [6, 6.07) is 0. The Kier molecular flexibility index (Phi) is 2.46. The van der Waals surface area contributed by atoms with E-state index in [0.29, 0.717) is 23.3 Å². The standard InChI is InChI=1S/C12H11NO2/c1-2-13-9-5-3-4-8-10(14)6-7-11(15)12(8)9/h2,6-7H,1,3-5H2. The van der Waals surface area contributed by atoms with Crippen molar-refractivity contribution in [2.45, 2.75) is 19.3 Å². The highest BCUT2D eigenvalue weighted by Gasteiger charge is 2.28. The Balaban J connectivity index is 2.54. The van der Waals surface area contributed by atoms with Gasteiger partial charge in [-0.2, -0.15) is 0 Å². The topological polar surface area (TPSA) is 46.5 Å². The average Bonchev–Trinajstić information content (AvgIpc) is 2.24. The molecule has 0 amide bonds. The lowest BCUT2D eigenvalue weighted by Crippen LogP contribution is -2.24. The SMILES string of the molecule is C=CN=C1CCCC2=C1C(=O)C=CC2=O. The first-order valence-corrected chi connectivity index (χ1v) is 4.92. The molecule has 15 heavy (non-hydrogen) atoms. The molecule has 0 radical (unpaired) electrons. The van der Waals surface area contributed by atoms with E-state index in [4.69, 9.17) is 0 Å². The van der Waals surface area contributed by atoms with Crippen molar-refractivity contribution >= 4 is 17.3 Å². The summed E-state index contributed by atoms with van der Waals surface area (Å²) in [6.45, 7) is 3.51. The Bertz CT molecular complexity index is 439. The predicted molar refractivity (Wildman–Crippen MR) is 57.7 cm³/mol. The van der Waals surface area contributed by atoms with Gasteiger partial charge in [0.2, 0.25) is 0 Å². The molecule has 0 aromatic heterocycles. The fourth-order valence-corrected chi connectivity index (χ4v) is 1.97. The van der Waals surface area contributed by atoms with Crippen molar-refractivity contribution in [1.82, 2.24) is 0 Å². The zero-order valence-corrected chi connectivity index (χ0v) is 8.32. The number of ketones is 2. The monoisotopic (exact) mass is 201 g/mol. The molecule has 0 aliphatic heterocycles. The van der Waals surface area contributed by atoms with Gasteiger partial charge in [-0.1, -0.05) is 6.58 Å². The van der Waals surface area contributed by atoms with Crippen LogP contribution in [-0.4, -0.2) is 17.3 Å². The van der Waals surface area contributed by atoms with Crippen LogP contribution in [0, 0.1) is 0 Å². The lowest BCUT2D eigenvalue weighted by Gasteiger charge is -2.20. The van der Waals surface area contributed by atoms with Crippen LogP contribution in [0.5, 0.6) is 0 Å². The summed E-state index contributed by atoms with van der Waals surface area (Å²) in [5, 5.41) is 0. The number of rotatable bonds is 1. The van der Waals surface area contributed by atoms with Crippen LogP contribution in [0.2, 0.25) is 0 Å². The summed E-state index contributed by atoms with van der Waals surface area (Å²) in [6.07, 6.45) is 6.39. The third-order valence-electron chi connectivity index (χ3n) is 2.61. The van der Waals surface area contributed by atoms with Crippen LogP contribution in [0.1, 0.15) is 19.3 Å². The van der Waals surface area contributed by atoms with Gasteiger partial charge in [0.25, 0.3) is 0 Å². The van der Waals surface area contributed by atoms with Crippen molar-refractivity contribution in [2.75, 3.05) is 0 Å². The molecule has 0 N–H and O–H groups in total. The number of allylic oxidation sites excluding steroid dienone is 4. The molecule has 0 fully saturated rings. The minimum absolute atomic E-state index is 0.0546. The number of carbonyl (C=O) groups is 2. The second-order valence-corrected chi connectivity index (χ2v) is 3.53. The lowest BCUT2D eigenvalue weighted by molar-refractivity contribution is -0.115. The maximum Gasteiger partial charge on any atom is 0.188 e. The number of carbonyl (C=O) groups excluding carboxylic acids is 2. The van der Waals surface area contributed by atoms with Crippen molar-refractivity contribution in [3.05, 3.63) is 36.1 Å². The number of hydrogen-bond donors (Lipinski definition) is 0. The van der Waals surface area contributed by atoms with Crippen LogP contribution in [0.15, 0.2) is 41.1 Å². The van der Waals surface area contributed by atoms with Crippen LogP contribution in [-0.2, 0) is 9.59 Å². The van der Waals surface area contributed by atoms with Gasteiger partial charge in [-0.15, -0.1) is 0 Å². The second kappa shape index (κ2) is 3.77. The highest BCUT2D eigenvalue weighted by molar-refractivity contribution is 6.34. The van der Waals surface area contributed by atoms with Crippen molar-refractivity contribution < 1.29 is 9.59 Å². The van der Waals surface area contributed by atoms with Crippen molar-refractivity contribution in [3.8, 4) is 0 Å². The first-order valence-electron chi connectivity index (χ1n) is 4.92. The molecule has 0 unspecified atom stereocenters. The van der Waals surface area contributed by atoms with Gasteiger partial charge >= 0.3 is 0 Å². The van der Waals surface area contributed by atoms with E-state index >= 15 is 0 Å². The minimum atomic E-state index is -0.107. The molecule has 3 nitrogen and oxygen atoms in total. The first-order chi connectivity index (χ1) is 7.24. The Morgan fingerprint density at radius 1 is 1.20 bits per heavy atom. The van der Waals surface area contributed by atoms with E-state index in [0.717, 1.165) is 12.8 Å². The second-order valence-electron chi connectivity index (χ2n) is 3.53. The zero-order chi connectivity index (χ0) is 10.8. The van der Waals surface area contributed by atoms with E-state index < -0.39 is 0 Å². The number of aliphatic imine (C=N–C) groups is 1. The predicted octanol–water partition coefficient (Wildman–Crippen LogP) is 1.76. The highest BCUT2D eigenvalue weighted by Crippen LogP contribution is 2.27. The lowest BCUT2D eigenvalue weighted by atomic mass is 9.82. The molecular formula is C12H11NO2. The van der Waals surface area contributed by atoms with Gasteiger partial charge in [-0.05, 0) is 31.4 Å². The van der Waals surface area contributed by atoms with Gasteiger partial charge in [0, 0.05) is 11.8 Å². The fourth-order valence-electron chi connectivity index (χ4n) is 1.97. The normalized spacial score (nSPS) is 23.3. The largest absolute Gasteiger partial charge is 0.290 e. The highest BCUT2D eigenvalue weighted by atomic mass is 16.1. The van der Waals surface area contributed by atoms with E-state index in [-0.39, 0.29) is 11.6 Å². The summed E-state index contributed by atoms with van der Waals surface area (Å²) in [5.74, 6) is -0.161. The average molecular weight is 201 g/mol. The number of nitrogens with zero attached hydrogens (tertiary/aromatic N) is 1. The van der Waals surface area contributed by atoms with Crippen LogP contribution in [0.25, 0.3) is 0 Å². The van der Waals surface area contributed by atoms with Crippen LogP contribution >= 0.6 is 0 Å². The molecule has 0 heterocycles. The molecule has 0 aromatic rings. The smallest absolute Gasteiger partial charge is 0.188 e. The molecule has 2 rings (SSSR count). The van der Waals surface area contributed by atoms with Gasteiger partial charge < -0.3 is 0 Å². The summed E-state index contributed by atoms with van der Waals surface area (Å²) in [7, 11) is 0. The third kappa shape index (κ3) is 1.61. The molecule has 76 valence electrons. The molecule has 0 saturated heterocycles. The van der Waals surface area contributed by atoms with Gasteiger partial charge in [0.1, 0.15) is 0 Å². The Hall–Kier alpha value is -1.77. The molecule has 0 bridgehead atoms. The third-order valence-corrected chi connectivity index (χ3v) is 2.61. The van der Waals surface area contributed by atoms with Gasteiger partial charge in [0.15, 0.2) is 11.6 Å².